The normalized spacial score (nSPS) is 12.1. The number of nitrogens with one attached hydrogen (secondary N) is 1. The third kappa shape index (κ3) is 3.67. The van der Waals surface area contributed by atoms with E-state index in [1.54, 1.807) is 30.5 Å². The van der Waals surface area contributed by atoms with E-state index in [0.717, 1.165) is 5.56 Å². The lowest BCUT2D eigenvalue weighted by Crippen LogP contribution is -2.17. The first-order chi connectivity index (χ1) is 11.1. The number of pyridine rings is 1. The highest BCUT2D eigenvalue weighted by molar-refractivity contribution is 5.48. The van der Waals surface area contributed by atoms with Crippen molar-refractivity contribution in [3.8, 4) is 11.5 Å². The van der Waals surface area contributed by atoms with Crippen molar-refractivity contribution in [1.29, 1.82) is 0 Å². The Hall–Kier alpha value is -2.86. The quantitative estimate of drug-likeness (QED) is 0.774. The maximum absolute atomic E-state index is 13.0. The Bertz CT molecular complexity index is 846. The van der Waals surface area contributed by atoms with Gasteiger partial charge in [0.1, 0.15) is 11.5 Å². The first kappa shape index (κ1) is 15.1. The number of nitrogens with two attached hydrogens (primary N) is 1. The zero-order valence-corrected chi connectivity index (χ0v) is 12.2. The Balaban J connectivity index is 1.87. The van der Waals surface area contributed by atoms with Gasteiger partial charge >= 0.3 is 0 Å². The lowest BCUT2D eigenvalue weighted by atomic mass is 10.0. The van der Waals surface area contributed by atoms with Crippen LogP contribution in [0.15, 0.2) is 59.5 Å². The SMILES string of the molecule is N[C@@H](Cc1cc(=O)[nH]c(-c2ccccn2)n1)c1ccc(F)cc1. The topological polar surface area (TPSA) is 84.7 Å². The molecule has 0 radical (unpaired) electrons. The van der Waals surface area contributed by atoms with E-state index in [2.05, 4.69) is 15.0 Å². The van der Waals surface area contributed by atoms with Crippen molar-refractivity contribution in [3.05, 3.63) is 82.2 Å². The summed E-state index contributed by atoms with van der Waals surface area (Å²) in [5, 5.41) is 0. The Labute approximate surface area is 132 Å². The molecule has 0 aliphatic carbocycles. The third-order valence-corrected chi connectivity index (χ3v) is 3.43. The molecule has 0 fully saturated rings. The molecule has 5 nitrogen and oxygen atoms in total. The van der Waals surface area contributed by atoms with E-state index in [-0.39, 0.29) is 17.4 Å². The summed E-state index contributed by atoms with van der Waals surface area (Å²) in [5.41, 5.74) is 7.79. The zero-order valence-electron chi connectivity index (χ0n) is 12.2. The second-order valence-corrected chi connectivity index (χ2v) is 5.16. The van der Waals surface area contributed by atoms with Gasteiger partial charge in [-0.15, -0.1) is 0 Å². The molecule has 0 saturated carbocycles. The van der Waals surface area contributed by atoms with Crippen LogP contribution in [0.1, 0.15) is 17.3 Å². The molecule has 0 saturated heterocycles. The van der Waals surface area contributed by atoms with Gasteiger partial charge in [0.25, 0.3) is 5.56 Å². The minimum absolute atomic E-state index is 0.262. The van der Waals surface area contributed by atoms with Crippen molar-refractivity contribution in [2.24, 2.45) is 5.73 Å². The summed E-state index contributed by atoms with van der Waals surface area (Å²) in [4.78, 5) is 23.1. The van der Waals surface area contributed by atoms with E-state index in [0.29, 0.717) is 23.6 Å². The van der Waals surface area contributed by atoms with E-state index in [4.69, 9.17) is 5.73 Å². The molecule has 3 rings (SSSR count). The van der Waals surface area contributed by atoms with Crippen LogP contribution in [0.4, 0.5) is 4.39 Å². The maximum atomic E-state index is 13.0. The molecular weight excluding hydrogens is 295 g/mol. The number of nitrogens with zero attached hydrogens (tertiary/aromatic N) is 2. The minimum atomic E-state index is -0.374. The molecule has 23 heavy (non-hydrogen) atoms. The molecular formula is C17H15FN4O. The predicted octanol–water partition coefficient (Wildman–Crippen LogP) is 2.21. The van der Waals surface area contributed by atoms with Gasteiger partial charge in [-0.1, -0.05) is 18.2 Å². The molecule has 1 aromatic carbocycles. The van der Waals surface area contributed by atoms with Crippen molar-refractivity contribution in [2.75, 3.05) is 0 Å². The number of H-pyrrole nitrogens is 1. The van der Waals surface area contributed by atoms with Crippen LogP contribution in [-0.4, -0.2) is 15.0 Å². The number of hydrogen-bond acceptors (Lipinski definition) is 4. The molecule has 0 amide bonds. The van der Waals surface area contributed by atoms with Gasteiger partial charge in [0, 0.05) is 24.7 Å². The van der Waals surface area contributed by atoms with Gasteiger partial charge in [0.15, 0.2) is 5.82 Å². The summed E-state index contributed by atoms with van der Waals surface area (Å²) in [5.74, 6) is 0.0899. The van der Waals surface area contributed by atoms with Crippen LogP contribution >= 0.6 is 0 Å². The minimum Gasteiger partial charge on any atom is -0.324 e. The maximum Gasteiger partial charge on any atom is 0.251 e. The van der Waals surface area contributed by atoms with E-state index in [1.165, 1.54) is 18.2 Å². The van der Waals surface area contributed by atoms with Crippen molar-refractivity contribution in [2.45, 2.75) is 12.5 Å². The average Bonchev–Trinajstić information content (AvgIpc) is 2.55. The summed E-state index contributed by atoms with van der Waals surface area (Å²) in [6.07, 6.45) is 2.00. The van der Waals surface area contributed by atoms with Gasteiger partial charge in [0.2, 0.25) is 0 Å². The molecule has 3 N–H and O–H groups in total. The largest absolute Gasteiger partial charge is 0.324 e. The molecule has 0 spiro atoms. The van der Waals surface area contributed by atoms with Crippen LogP contribution in [0.2, 0.25) is 0 Å². The molecule has 0 bridgehead atoms. The second kappa shape index (κ2) is 6.50. The molecule has 2 aromatic heterocycles. The molecule has 0 unspecified atom stereocenters. The number of aromatic nitrogens is 3. The Morgan fingerprint density at radius 1 is 1.17 bits per heavy atom. The van der Waals surface area contributed by atoms with Gasteiger partial charge in [-0.25, -0.2) is 9.37 Å². The number of rotatable bonds is 4. The fourth-order valence-electron chi connectivity index (χ4n) is 2.29. The third-order valence-electron chi connectivity index (χ3n) is 3.43. The van der Waals surface area contributed by atoms with Crippen LogP contribution in [-0.2, 0) is 6.42 Å². The summed E-state index contributed by atoms with van der Waals surface area (Å²) >= 11 is 0. The zero-order chi connectivity index (χ0) is 16.2. The van der Waals surface area contributed by atoms with Crippen LogP contribution < -0.4 is 11.3 Å². The second-order valence-electron chi connectivity index (χ2n) is 5.16. The predicted molar refractivity (Wildman–Crippen MR) is 85.1 cm³/mol. The monoisotopic (exact) mass is 310 g/mol. The number of halogens is 1. The molecule has 2 heterocycles. The van der Waals surface area contributed by atoms with Gasteiger partial charge in [0.05, 0.1) is 5.69 Å². The molecule has 1 atom stereocenters. The van der Waals surface area contributed by atoms with Crippen LogP contribution in [0, 0.1) is 5.82 Å². The van der Waals surface area contributed by atoms with Crippen molar-refractivity contribution in [3.63, 3.8) is 0 Å². The smallest absolute Gasteiger partial charge is 0.251 e. The first-order valence-corrected chi connectivity index (χ1v) is 7.14. The molecule has 116 valence electrons. The fraction of sp³-hybridized carbons (Fsp3) is 0.118. The van der Waals surface area contributed by atoms with E-state index in [1.807, 2.05) is 6.07 Å². The van der Waals surface area contributed by atoms with E-state index < -0.39 is 0 Å². The Kier molecular flexibility index (Phi) is 4.25. The summed E-state index contributed by atoms with van der Waals surface area (Å²) in [6.45, 7) is 0. The van der Waals surface area contributed by atoms with E-state index >= 15 is 0 Å². The highest BCUT2D eigenvalue weighted by Gasteiger charge is 2.11. The molecule has 0 aliphatic rings. The lowest BCUT2D eigenvalue weighted by Gasteiger charge is -2.12. The van der Waals surface area contributed by atoms with Crippen LogP contribution in [0.25, 0.3) is 11.5 Å². The summed E-state index contributed by atoms with van der Waals surface area (Å²) < 4.78 is 13.0. The highest BCUT2D eigenvalue weighted by atomic mass is 19.1. The fourth-order valence-corrected chi connectivity index (χ4v) is 2.29. The van der Waals surface area contributed by atoms with Crippen LogP contribution in [0.5, 0.6) is 0 Å². The van der Waals surface area contributed by atoms with Crippen molar-refractivity contribution in [1.82, 2.24) is 15.0 Å². The molecule has 3 aromatic rings. The highest BCUT2D eigenvalue weighted by Crippen LogP contribution is 2.16. The van der Waals surface area contributed by atoms with Gasteiger partial charge in [-0.2, -0.15) is 0 Å². The average molecular weight is 310 g/mol. The van der Waals surface area contributed by atoms with Gasteiger partial charge in [-0.05, 0) is 29.8 Å². The van der Waals surface area contributed by atoms with Gasteiger partial charge < -0.3 is 10.7 Å². The van der Waals surface area contributed by atoms with E-state index in [9.17, 15) is 9.18 Å². The van der Waals surface area contributed by atoms with Crippen molar-refractivity contribution >= 4 is 0 Å². The Morgan fingerprint density at radius 3 is 2.65 bits per heavy atom. The lowest BCUT2D eigenvalue weighted by molar-refractivity contribution is 0.624. The first-order valence-electron chi connectivity index (χ1n) is 7.14. The summed E-state index contributed by atoms with van der Waals surface area (Å²) in [6, 6.07) is 12.4. The number of hydrogen-bond donors (Lipinski definition) is 2. The van der Waals surface area contributed by atoms with Crippen molar-refractivity contribution < 1.29 is 4.39 Å². The summed E-state index contributed by atoms with van der Waals surface area (Å²) in [7, 11) is 0. The van der Waals surface area contributed by atoms with Crippen LogP contribution in [0.3, 0.4) is 0 Å². The number of aromatic amines is 1. The van der Waals surface area contributed by atoms with Gasteiger partial charge in [-0.3, -0.25) is 9.78 Å². The number of benzene rings is 1. The standard InChI is InChI=1S/C17H15FN4O/c18-12-6-4-11(5-7-12)14(19)9-13-10-16(23)22-17(21-13)15-3-1-2-8-20-15/h1-8,10,14H,9,19H2,(H,21,22,23)/t14-/m0/s1. The Morgan fingerprint density at radius 2 is 1.96 bits per heavy atom. The molecule has 6 heteroatoms. The molecule has 0 aliphatic heterocycles.